The van der Waals surface area contributed by atoms with Crippen LogP contribution in [0.2, 0.25) is 0 Å². The first-order chi connectivity index (χ1) is 9.88. The number of fused-ring (bicyclic) bond motifs is 1. The summed E-state index contributed by atoms with van der Waals surface area (Å²) >= 11 is 0. The Morgan fingerprint density at radius 2 is 1.40 bits per heavy atom. The highest BCUT2D eigenvalue weighted by atomic mass is 14.5. The van der Waals surface area contributed by atoms with Crippen LogP contribution in [-0.2, 0) is 0 Å². The van der Waals surface area contributed by atoms with E-state index in [0.717, 1.165) is 6.42 Å². The second kappa shape index (κ2) is 5.89. The monoisotopic (exact) mass is 261 g/mol. The van der Waals surface area contributed by atoms with Crippen molar-refractivity contribution in [3.05, 3.63) is 83.9 Å². The predicted octanol–water partition coefficient (Wildman–Crippen LogP) is 4.32. The van der Waals surface area contributed by atoms with Gasteiger partial charge in [0.1, 0.15) is 0 Å². The van der Waals surface area contributed by atoms with Gasteiger partial charge in [-0.15, -0.1) is 0 Å². The van der Waals surface area contributed by atoms with Gasteiger partial charge in [-0.25, -0.2) is 0 Å². The second-order valence-electron chi connectivity index (χ2n) is 5.15. The van der Waals surface area contributed by atoms with Gasteiger partial charge in [-0.05, 0) is 34.9 Å². The van der Waals surface area contributed by atoms with Gasteiger partial charge < -0.3 is 5.73 Å². The minimum atomic E-state index is 0.380. The molecule has 0 aliphatic rings. The summed E-state index contributed by atoms with van der Waals surface area (Å²) in [4.78, 5) is 0. The van der Waals surface area contributed by atoms with Crippen LogP contribution in [0, 0.1) is 0 Å². The van der Waals surface area contributed by atoms with Crippen molar-refractivity contribution < 1.29 is 0 Å². The Morgan fingerprint density at radius 3 is 2.15 bits per heavy atom. The van der Waals surface area contributed by atoms with E-state index in [1.54, 1.807) is 0 Å². The molecule has 1 atom stereocenters. The quantitative estimate of drug-likeness (QED) is 0.743. The summed E-state index contributed by atoms with van der Waals surface area (Å²) in [5.41, 5.74) is 8.51. The molecule has 0 heterocycles. The summed E-state index contributed by atoms with van der Waals surface area (Å²) in [6, 6.07) is 25.9. The van der Waals surface area contributed by atoms with Gasteiger partial charge >= 0.3 is 0 Å². The molecule has 0 amide bonds. The third kappa shape index (κ3) is 2.59. The first kappa shape index (κ1) is 12.9. The Kier molecular flexibility index (Phi) is 3.80. The highest BCUT2D eigenvalue weighted by Crippen LogP contribution is 2.29. The normalized spacial score (nSPS) is 12.4. The van der Waals surface area contributed by atoms with Crippen LogP contribution in [0.15, 0.2) is 72.8 Å². The predicted molar refractivity (Wildman–Crippen MR) is 85.9 cm³/mol. The maximum absolute atomic E-state index is 5.82. The molecule has 0 aliphatic heterocycles. The van der Waals surface area contributed by atoms with Crippen LogP contribution in [0.1, 0.15) is 23.5 Å². The third-order valence-electron chi connectivity index (χ3n) is 3.83. The van der Waals surface area contributed by atoms with Gasteiger partial charge in [0, 0.05) is 5.92 Å². The van der Waals surface area contributed by atoms with E-state index in [0.29, 0.717) is 12.5 Å². The first-order valence-corrected chi connectivity index (χ1v) is 7.12. The van der Waals surface area contributed by atoms with Crippen molar-refractivity contribution in [1.29, 1.82) is 0 Å². The summed E-state index contributed by atoms with van der Waals surface area (Å²) in [6.45, 7) is 0.701. The topological polar surface area (TPSA) is 26.0 Å². The van der Waals surface area contributed by atoms with E-state index < -0.39 is 0 Å². The first-order valence-electron chi connectivity index (χ1n) is 7.12. The number of hydrogen-bond donors (Lipinski definition) is 1. The molecule has 20 heavy (non-hydrogen) atoms. The molecule has 3 aromatic rings. The van der Waals surface area contributed by atoms with Gasteiger partial charge in [0.2, 0.25) is 0 Å². The standard InChI is InChI=1S/C19H19N/c20-13-12-19(16-7-2-1-3-8-16)18-11-10-15-6-4-5-9-17(15)14-18/h1-11,14,19H,12-13,20H2. The van der Waals surface area contributed by atoms with Gasteiger partial charge in [-0.2, -0.15) is 0 Å². The van der Waals surface area contributed by atoms with E-state index in [4.69, 9.17) is 5.73 Å². The minimum Gasteiger partial charge on any atom is -0.330 e. The van der Waals surface area contributed by atoms with Crippen LogP contribution in [0.4, 0.5) is 0 Å². The summed E-state index contributed by atoms with van der Waals surface area (Å²) in [6.07, 6.45) is 0.975. The van der Waals surface area contributed by atoms with Gasteiger partial charge in [0.15, 0.2) is 0 Å². The van der Waals surface area contributed by atoms with E-state index >= 15 is 0 Å². The van der Waals surface area contributed by atoms with E-state index in [9.17, 15) is 0 Å². The molecule has 0 saturated carbocycles. The largest absolute Gasteiger partial charge is 0.330 e. The molecule has 0 saturated heterocycles. The molecule has 0 aliphatic carbocycles. The van der Waals surface area contributed by atoms with E-state index in [1.165, 1.54) is 21.9 Å². The third-order valence-corrected chi connectivity index (χ3v) is 3.83. The highest BCUT2D eigenvalue weighted by Gasteiger charge is 2.13. The molecule has 2 N–H and O–H groups in total. The zero-order valence-corrected chi connectivity index (χ0v) is 11.5. The summed E-state index contributed by atoms with van der Waals surface area (Å²) in [7, 11) is 0. The van der Waals surface area contributed by atoms with Crippen LogP contribution in [-0.4, -0.2) is 6.54 Å². The van der Waals surface area contributed by atoms with Crippen LogP contribution in [0.25, 0.3) is 10.8 Å². The summed E-state index contributed by atoms with van der Waals surface area (Å²) < 4.78 is 0. The Bertz CT molecular complexity index is 688. The molecule has 0 bridgehead atoms. The molecule has 1 heteroatoms. The molecular weight excluding hydrogens is 242 g/mol. The van der Waals surface area contributed by atoms with Crippen LogP contribution >= 0.6 is 0 Å². The van der Waals surface area contributed by atoms with Crippen molar-refractivity contribution in [3.63, 3.8) is 0 Å². The van der Waals surface area contributed by atoms with E-state index in [1.807, 2.05) is 0 Å². The van der Waals surface area contributed by atoms with E-state index in [2.05, 4.69) is 72.8 Å². The highest BCUT2D eigenvalue weighted by molar-refractivity contribution is 5.83. The van der Waals surface area contributed by atoms with Crippen molar-refractivity contribution in [2.45, 2.75) is 12.3 Å². The summed E-state index contributed by atoms with van der Waals surface area (Å²) in [5, 5.41) is 2.58. The Balaban J connectivity index is 2.05. The smallest absolute Gasteiger partial charge is 0.0101 e. The number of nitrogens with two attached hydrogens (primary N) is 1. The maximum Gasteiger partial charge on any atom is 0.0101 e. The van der Waals surface area contributed by atoms with Crippen LogP contribution in [0.5, 0.6) is 0 Å². The molecule has 0 aromatic heterocycles. The zero-order valence-electron chi connectivity index (χ0n) is 11.5. The molecule has 3 aromatic carbocycles. The van der Waals surface area contributed by atoms with Crippen molar-refractivity contribution in [3.8, 4) is 0 Å². The van der Waals surface area contributed by atoms with Gasteiger partial charge in [0.05, 0.1) is 0 Å². The Labute approximate surface area is 120 Å². The van der Waals surface area contributed by atoms with Crippen LogP contribution < -0.4 is 5.73 Å². The molecule has 0 radical (unpaired) electrons. The minimum absolute atomic E-state index is 0.380. The lowest BCUT2D eigenvalue weighted by atomic mass is 9.87. The van der Waals surface area contributed by atoms with Gasteiger partial charge in [-0.3, -0.25) is 0 Å². The number of benzene rings is 3. The lowest BCUT2D eigenvalue weighted by molar-refractivity contribution is 0.727. The molecular formula is C19H19N. The molecule has 1 nitrogen and oxygen atoms in total. The fourth-order valence-electron chi connectivity index (χ4n) is 2.80. The average Bonchev–Trinajstić information content (AvgIpc) is 2.53. The zero-order chi connectivity index (χ0) is 13.8. The lowest BCUT2D eigenvalue weighted by Crippen LogP contribution is -2.08. The lowest BCUT2D eigenvalue weighted by Gasteiger charge is -2.18. The number of hydrogen-bond acceptors (Lipinski definition) is 1. The van der Waals surface area contributed by atoms with Gasteiger partial charge in [-0.1, -0.05) is 72.8 Å². The van der Waals surface area contributed by atoms with Crippen molar-refractivity contribution >= 4 is 10.8 Å². The second-order valence-corrected chi connectivity index (χ2v) is 5.15. The van der Waals surface area contributed by atoms with Crippen molar-refractivity contribution in [2.24, 2.45) is 5.73 Å². The molecule has 1 unspecified atom stereocenters. The fourth-order valence-corrected chi connectivity index (χ4v) is 2.80. The Hall–Kier alpha value is -2.12. The Morgan fingerprint density at radius 1 is 0.700 bits per heavy atom. The van der Waals surface area contributed by atoms with Crippen LogP contribution in [0.3, 0.4) is 0 Å². The van der Waals surface area contributed by atoms with Crippen molar-refractivity contribution in [1.82, 2.24) is 0 Å². The maximum atomic E-state index is 5.82. The van der Waals surface area contributed by atoms with E-state index in [-0.39, 0.29) is 0 Å². The molecule has 100 valence electrons. The fraction of sp³-hybridized carbons (Fsp3) is 0.158. The molecule has 0 spiro atoms. The SMILES string of the molecule is NCCC(c1ccccc1)c1ccc2ccccc2c1. The average molecular weight is 261 g/mol. The number of rotatable bonds is 4. The summed E-state index contributed by atoms with van der Waals surface area (Å²) in [5.74, 6) is 0.380. The van der Waals surface area contributed by atoms with Crippen molar-refractivity contribution in [2.75, 3.05) is 6.54 Å². The van der Waals surface area contributed by atoms with Gasteiger partial charge in [0.25, 0.3) is 0 Å². The molecule has 0 fully saturated rings. The molecule has 3 rings (SSSR count).